The van der Waals surface area contributed by atoms with Crippen LogP contribution in [0.4, 0.5) is 0 Å². The van der Waals surface area contributed by atoms with E-state index in [2.05, 4.69) is 17.1 Å². The molecule has 1 aromatic rings. The van der Waals surface area contributed by atoms with E-state index in [1.54, 1.807) is 6.33 Å². The van der Waals surface area contributed by atoms with Crippen molar-refractivity contribution in [3.05, 3.63) is 12.2 Å². The van der Waals surface area contributed by atoms with E-state index >= 15 is 0 Å². The third-order valence-electron chi connectivity index (χ3n) is 1.40. The van der Waals surface area contributed by atoms with Crippen molar-refractivity contribution >= 4 is 0 Å². The van der Waals surface area contributed by atoms with Crippen molar-refractivity contribution in [2.24, 2.45) is 5.73 Å². The van der Waals surface area contributed by atoms with Crippen molar-refractivity contribution in [2.75, 3.05) is 6.54 Å². The molecule has 56 valence electrons. The lowest BCUT2D eigenvalue weighted by atomic mass is 10.4. The molecule has 0 spiro atoms. The molecule has 0 atom stereocenters. The Morgan fingerprint density at radius 2 is 2.50 bits per heavy atom. The minimum Gasteiger partial charge on any atom is -0.330 e. The van der Waals surface area contributed by atoms with Crippen LogP contribution in [0.1, 0.15) is 12.7 Å². The fourth-order valence-electron chi connectivity index (χ4n) is 0.866. The van der Waals surface area contributed by atoms with Crippen LogP contribution in [0.25, 0.3) is 0 Å². The molecule has 0 saturated heterocycles. The van der Waals surface area contributed by atoms with Crippen LogP contribution in [0.2, 0.25) is 0 Å². The fourth-order valence-corrected chi connectivity index (χ4v) is 0.866. The van der Waals surface area contributed by atoms with Gasteiger partial charge in [-0.05, 0) is 13.5 Å². The highest BCUT2D eigenvalue weighted by atomic mass is 15.3. The van der Waals surface area contributed by atoms with Gasteiger partial charge in [-0.25, -0.2) is 0 Å². The standard InChI is InChI=1S/C6H12N4/c1-2-10-5-8-9-6(10)3-4-7/h5H,2-4,7H2,1H3. The van der Waals surface area contributed by atoms with Gasteiger partial charge in [0, 0.05) is 13.0 Å². The highest BCUT2D eigenvalue weighted by Gasteiger charge is 1.98. The summed E-state index contributed by atoms with van der Waals surface area (Å²) in [4.78, 5) is 0. The van der Waals surface area contributed by atoms with Crippen molar-refractivity contribution in [3.63, 3.8) is 0 Å². The normalized spacial score (nSPS) is 10.2. The fraction of sp³-hybridized carbons (Fsp3) is 0.667. The molecule has 0 aliphatic rings. The summed E-state index contributed by atoms with van der Waals surface area (Å²) in [7, 11) is 0. The Morgan fingerprint density at radius 1 is 1.70 bits per heavy atom. The topological polar surface area (TPSA) is 56.7 Å². The van der Waals surface area contributed by atoms with Gasteiger partial charge in [-0.3, -0.25) is 0 Å². The number of hydrogen-bond acceptors (Lipinski definition) is 3. The van der Waals surface area contributed by atoms with E-state index in [1.807, 2.05) is 4.57 Å². The summed E-state index contributed by atoms with van der Waals surface area (Å²) in [5.74, 6) is 0.977. The van der Waals surface area contributed by atoms with Crippen molar-refractivity contribution in [3.8, 4) is 0 Å². The largest absolute Gasteiger partial charge is 0.330 e. The summed E-state index contributed by atoms with van der Waals surface area (Å²) >= 11 is 0. The molecule has 0 bridgehead atoms. The molecule has 0 unspecified atom stereocenters. The summed E-state index contributed by atoms with van der Waals surface area (Å²) in [5, 5.41) is 7.68. The molecule has 2 N–H and O–H groups in total. The Kier molecular flexibility index (Phi) is 2.39. The van der Waals surface area contributed by atoms with Gasteiger partial charge in [0.15, 0.2) is 0 Å². The van der Waals surface area contributed by atoms with E-state index in [0.717, 1.165) is 18.8 Å². The highest BCUT2D eigenvalue weighted by Crippen LogP contribution is 1.93. The average molecular weight is 140 g/mol. The van der Waals surface area contributed by atoms with Gasteiger partial charge in [-0.1, -0.05) is 0 Å². The van der Waals surface area contributed by atoms with E-state index in [9.17, 15) is 0 Å². The van der Waals surface area contributed by atoms with Crippen LogP contribution in [0, 0.1) is 0 Å². The first-order valence-corrected chi connectivity index (χ1v) is 3.45. The van der Waals surface area contributed by atoms with Crippen LogP contribution in [0.15, 0.2) is 6.33 Å². The smallest absolute Gasteiger partial charge is 0.134 e. The van der Waals surface area contributed by atoms with Gasteiger partial charge in [0.25, 0.3) is 0 Å². The zero-order valence-electron chi connectivity index (χ0n) is 6.12. The number of rotatable bonds is 3. The second-order valence-corrected chi connectivity index (χ2v) is 2.07. The van der Waals surface area contributed by atoms with Gasteiger partial charge >= 0.3 is 0 Å². The Bertz CT molecular complexity index is 193. The van der Waals surface area contributed by atoms with E-state index < -0.39 is 0 Å². The first-order valence-electron chi connectivity index (χ1n) is 3.45. The van der Waals surface area contributed by atoms with Crippen LogP contribution < -0.4 is 5.73 Å². The molecule has 10 heavy (non-hydrogen) atoms. The number of hydrogen-bond donors (Lipinski definition) is 1. The third-order valence-corrected chi connectivity index (χ3v) is 1.40. The molecular formula is C6H12N4. The highest BCUT2D eigenvalue weighted by molar-refractivity contribution is 4.85. The van der Waals surface area contributed by atoms with E-state index in [0.29, 0.717) is 6.54 Å². The minimum absolute atomic E-state index is 0.638. The maximum atomic E-state index is 5.36. The SMILES string of the molecule is CCn1cnnc1CCN. The molecule has 1 aromatic heterocycles. The van der Waals surface area contributed by atoms with Crippen LogP contribution in [-0.2, 0) is 13.0 Å². The van der Waals surface area contributed by atoms with Gasteiger partial charge < -0.3 is 10.3 Å². The van der Waals surface area contributed by atoms with Crippen LogP contribution in [0.5, 0.6) is 0 Å². The zero-order valence-corrected chi connectivity index (χ0v) is 6.12. The molecule has 0 aromatic carbocycles. The quantitative estimate of drug-likeness (QED) is 0.632. The predicted molar refractivity (Wildman–Crippen MR) is 38.5 cm³/mol. The first-order chi connectivity index (χ1) is 4.88. The molecule has 4 heteroatoms. The van der Waals surface area contributed by atoms with Gasteiger partial charge in [-0.2, -0.15) is 0 Å². The lowest BCUT2D eigenvalue weighted by Gasteiger charge is -1.98. The van der Waals surface area contributed by atoms with Gasteiger partial charge in [0.2, 0.25) is 0 Å². The van der Waals surface area contributed by atoms with Gasteiger partial charge in [0.1, 0.15) is 12.2 Å². The van der Waals surface area contributed by atoms with E-state index in [1.165, 1.54) is 0 Å². The number of nitrogens with zero attached hydrogens (tertiary/aromatic N) is 3. The zero-order chi connectivity index (χ0) is 7.40. The molecule has 0 radical (unpaired) electrons. The molecule has 1 rings (SSSR count). The van der Waals surface area contributed by atoms with Crippen molar-refractivity contribution in [1.29, 1.82) is 0 Å². The molecule has 0 aliphatic carbocycles. The van der Waals surface area contributed by atoms with Crippen LogP contribution >= 0.6 is 0 Å². The minimum atomic E-state index is 0.638. The summed E-state index contributed by atoms with van der Waals surface area (Å²) < 4.78 is 1.99. The second-order valence-electron chi connectivity index (χ2n) is 2.07. The summed E-state index contributed by atoms with van der Waals surface area (Å²) in [6.07, 6.45) is 2.54. The van der Waals surface area contributed by atoms with Gasteiger partial charge in [-0.15, -0.1) is 10.2 Å². The number of aromatic nitrogens is 3. The summed E-state index contributed by atoms with van der Waals surface area (Å²) in [6, 6.07) is 0. The van der Waals surface area contributed by atoms with E-state index in [4.69, 9.17) is 5.73 Å². The van der Waals surface area contributed by atoms with Crippen molar-refractivity contribution < 1.29 is 0 Å². The van der Waals surface area contributed by atoms with Crippen molar-refractivity contribution in [1.82, 2.24) is 14.8 Å². The molecule has 0 aliphatic heterocycles. The summed E-state index contributed by atoms with van der Waals surface area (Å²) in [6.45, 7) is 3.62. The third kappa shape index (κ3) is 1.33. The molecule has 0 amide bonds. The predicted octanol–water partition coefficient (Wildman–Crippen LogP) is -0.201. The maximum absolute atomic E-state index is 5.36. The number of nitrogens with two attached hydrogens (primary N) is 1. The molecule has 0 saturated carbocycles. The lowest BCUT2D eigenvalue weighted by Crippen LogP contribution is -2.08. The Labute approximate surface area is 60.1 Å². The monoisotopic (exact) mass is 140 g/mol. The maximum Gasteiger partial charge on any atom is 0.134 e. The lowest BCUT2D eigenvalue weighted by molar-refractivity contribution is 0.693. The van der Waals surface area contributed by atoms with Crippen LogP contribution in [-0.4, -0.2) is 21.3 Å². The molecular weight excluding hydrogens is 128 g/mol. The molecule has 0 fully saturated rings. The Morgan fingerprint density at radius 3 is 3.10 bits per heavy atom. The molecule has 1 heterocycles. The second kappa shape index (κ2) is 3.31. The van der Waals surface area contributed by atoms with Gasteiger partial charge in [0.05, 0.1) is 0 Å². The molecule has 4 nitrogen and oxygen atoms in total. The Balaban J connectivity index is 2.70. The van der Waals surface area contributed by atoms with E-state index in [-0.39, 0.29) is 0 Å². The summed E-state index contributed by atoms with van der Waals surface area (Å²) in [5.41, 5.74) is 5.36. The first kappa shape index (κ1) is 7.21. The Hall–Kier alpha value is -0.900. The number of aryl methyl sites for hydroxylation is 1. The van der Waals surface area contributed by atoms with Crippen LogP contribution in [0.3, 0.4) is 0 Å². The van der Waals surface area contributed by atoms with Crippen molar-refractivity contribution in [2.45, 2.75) is 19.9 Å². The average Bonchev–Trinajstić information content (AvgIpc) is 2.36.